The molecule has 0 aliphatic heterocycles. The second kappa shape index (κ2) is 8.51. The number of benzene rings is 1. The summed E-state index contributed by atoms with van der Waals surface area (Å²) in [7, 11) is 0. The highest BCUT2D eigenvalue weighted by atomic mass is 35.5. The summed E-state index contributed by atoms with van der Waals surface area (Å²) in [6, 6.07) is 8.25. The molecule has 31 heavy (non-hydrogen) atoms. The zero-order valence-electron chi connectivity index (χ0n) is 15.6. The number of carbonyl (C=O) groups is 1. The van der Waals surface area contributed by atoms with Crippen molar-refractivity contribution in [2.45, 2.75) is 6.54 Å². The molecule has 3 heterocycles. The van der Waals surface area contributed by atoms with Gasteiger partial charge in [0, 0.05) is 10.4 Å². The Labute approximate surface area is 183 Å². The van der Waals surface area contributed by atoms with Crippen LogP contribution in [0.2, 0.25) is 5.02 Å². The van der Waals surface area contributed by atoms with Crippen LogP contribution in [0.25, 0.3) is 21.5 Å². The Kier molecular flexibility index (Phi) is 5.62. The van der Waals surface area contributed by atoms with Gasteiger partial charge in [-0.05, 0) is 24.3 Å². The average Bonchev–Trinajstić information content (AvgIpc) is 3.26. The molecule has 154 valence electrons. The van der Waals surface area contributed by atoms with Crippen molar-refractivity contribution in [2.75, 3.05) is 6.61 Å². The molecule has 0 aliphatic rings. The number of carboxylic acid groups (broad SMARTS) is 1. The van der Waals surface area contributed by atoms with Gasteiger partial charge in [0.2, 0.25) is 0 Å². The van der Waals surface area contributed by atoms with E-state index in [0.29, 0.717) is 32.2 Å². The number of hydrogen-bond acceptors (Lipinski definition) is 8. The largest absolute Gasteiger partial charge is 0.491 e. The van der Waals surface area contributed by atoms with Gasteiger partial charge in [0.15, 0.2) is 5.69 Å². The number of fused-ring (bicyclic) bond motifs is 1. The van der Waals surface area contributed by atoms with Gasteiger partial charge in [0.1, 0.15) is 29.1 Å². The first-order valence-corrected chi connectivity index (χ1v) is 10.1. The van der Waals surface area contributed by atoms with Crippen LogP contribution in [0.15, 0.2) is 47.0 Å². The smallest absolute Gasteiger partial charge is 0.355 e. The quantitative estimate of drug-likeness (QED) is 0.470. The topological polar surface area (TPSA) is 131 Å². The van der Waals surface area contributed by atoms with E-state index < -0.39 is 5.97 Å². The summed E-state index contributed by atoms with van der Waals surface area (Å²) in [5, 5.41) is 20.7. The Balaban J connectivity index is 1.56. The molecule has 4 rings (SSSR count). The number of halogens is 1. The molecule has 0 fully saturated rings. The van der Waals surface area contributed by atoms with E-state index >= 15 is 0 Å². The minimum atomic E-state index is -1.12. The maximum absolute atomic E-state index is 12.7. The predicted molar refractivity (Wildman–Crippen MR) is 114 cm³/mol. The maximum atomic E-state index is 12.7. The molecule has 0 unspecified atom stereocenters. The predicted octanol–water partition coefficient (Wildman–Crippen LogP) is 3.22. The van der Waals surface area contributed by atoms with Gasteiger partial charge < -0.3 is 9.84 Å². The second-order valence-electron chi connectivity index (χ2n) is 6.27. The van der Waals surface area contributed by atoms with Gasteiger partial charge in [-0.1, -0.05) is 11.6 Å². The highest BCUT2D eigenvalue weighted by Crippen LogP contribution is 2.34. The van der Waals surface area contributed by atoms with Crippen molar-refractivity contribution < 1.29 is 14.6 Å². The summed E-state index contributed by atoms with van der Waals surface area (Å²) in [5.74, 6) is -0.668. The molecular weight excluding hydrogens is 442 g/mol. The summed E-state index contributed by atoms with van der Waals surface area (Å²) in [6.45, 7) is 0.335. The van der Waals surface area contributed by atoms with Gasteiger partial charge in [0.25, 0.3) is 5.56 Å². The number of nitriles is 1. The minimum absolute atomic E-state index is 0.0639. The lowest BCUT2D eigenvalue weighted by Crippen LogP contribution is -2.23. The van der Waals surface area contributed by atoms with Crippen molar-refractivity contribution in [2.24, 2.45) is 0 Å². The average molecular weight is 454 g/mol. The van der Waals surface area contributed by atoms with Crippen molar-refractivity contribution in [3.63, 3.8) is 0 Å². The van der Waals surface area contributed by atoms with Crippen LogP contribution in [0.3, 0.4) is 0 Å². The third kappa shape index (κ3) is 4.23. The molecule has 4 aromatic rings. The first-order valence-electron chi connectivity index (χ1n) is 8.83. The fraction of sp³-hybridized carbons (Fsp3) is 0.100. The summed E-state index contributed by atoms with van der Waals surface area (Å²) in [5.41, 5.74) is 0.717. The zero-order chi connectivity index (χ0) is 22.0. The lowest BCUT2D eigenvalue weighted by Gasteiger charge is -2.12. The zero-order valence-corrected chi connectivity index (χ0v) is 17.2. The number of thiazole rings is 1. The molecule has 9 nitrogen and oxygen atoms in total. The maximum Gasteiger partial charge on any atom is 0.355 e. The van der Waals surface area contributed by atoms with E-state index in [9.17, 15) is 9.59 Å². The van der Waals surface area contributed by atoms with Crippen molar-refractivity contribution in [3.8, 4) is 22.4 Å². The van der Waals surface area contributed by atoms with Gasteiger partial charge in [-0.15, -0.1) is 11.3 Å². The van der Waals surface area contributed by atoms with Crippen LogP contribution in [0.5, 0.6) is 5.75 Å². The lowest BCUT2D eigenvalue weighted by molar-refractivity contribution is 0.0691. The van der Waals surface area contributed by atoms with E-state index in [1.807, 2.05) is 6.07 Å². The molecule has 1 N–H and O–H groups in total. The first kappa shape index (κ1) is 20.5. The van der Waals surface area contributed by atoms with Crippen LogP contribution in [0.4, 0.5) is 0 Å². The highest BCUT2D eigenvalue weighted by molar-refractivity contribution is 7.13. The Bertz CT molecular complexity index is 1410. The number of aromatic nitrogens is 4. The number of nitrogens with zero attached hydrogens (tertiary/aromatic N) is 5. The van der Waals surface area contributed by atoms with E-state index in [2.05, 4.69) is 15.0 Å². The molecule has 0 bridgehead atoms. The van der Waals surface area contributed by atoms with Crippen molar-refractivity contribution in [1.29, 1.82) is 5.26 Å². The van der Waals surface area contributed by atoms with Crippen molar-refractivity contribution >= 4 is 39.8 Å². The van der Waals surface area contributed by atoms with Crippen LogP contribution in [-0.2, 0) is 6.54 Å². The van der Waals surface area contributed by atoms with E-state index in [1.165, 1.54) is 28.5 Å². The molecule has 0 spiro atoms. The Morgan fingerprint density at radius 2 is 2.16 bits per heavy atom. The molecule has 3 aromatic heterocycles. The third-order valence-electron chi connectivity index (χ3n) is 4.31. The summed E-state index contributed by atoms with van der Waals surface area (Å²) in [6.07, 6.45) is 2.78. The van der Waals surface area contributed by atoms with Crippen molar-refractivity contribution in [1.82, 2.24) is 19.5 Å². The number of pyridine rings is 1. The lowest BCUT2D eigenvalue weighted by atomic mass is 10.2. The van der Waals surface area contributed by atoms with E-state index in [-0.39, 0.29) is 30.1 Å². The Hall–Kier alpha value is -3.81. The van der Waals surface area contributed by atoms with Gasteiger partial charge in [0.05, 0.1) is 35.5 Å². The standard InChI is InChI=1S/C20H12ClN5O4S/c21-11-1-2-17(14(5-11)18-25-16(9-31-18)20(28)29)30-4-3-26-10-24-15-8-23-12(7-22)6-13(15)19(26)27/h1-2,5-6,8-10H,3-4H2,(H,28,29). The van der Waals surface area contributed by atoms with Crippen molar-refractivity contribution in [3.05, 3.63) is 68.9 Å². The first-order chi connectivity index (χ1) is 15.0. The second-order valence-corrected chi connectivity index (χ2v) is 7.57. The molecule has 1 aromatic carbocycles. The summed E-state index contributed by atoms with van der Waals surface area (Å²) in [4.78, 5) is 36.0. The van der Waals surface area contributed by atoms with Gasteiger partial charge >= 0.3 is 5.97 Å². The van der Waals surface area contributed by atoms with Crippen LogP contribution < -0.4 is 10.3 Å². The minimum Gasteiger partial charge on any atom is -0.491 e. The Morgan fingerprint density at radius 1 is 1.32 bits per heavy atom. The number of aromatic carboxylic acids is 1. The van der Waals surface area contributed by atoms with Crippen LogP contribution in [0.1, 0.15) is 16.2 Å². The third-order valence-corrected chi connectivity index (χ3v) is 5.42. The normalized spacial score (nSPS) is 10.7. The number of ether oxygens (including phenoxy) is 1. The number of rotatable bonds is 6. The van der Waals surface area contributed by atoms with Crippen LogP contribution >= 0.6 is 22.9 Å². The van der Waals surface area contributed by atoms with E-state index in [0.717, 1.165) is 11.3 Å². The van der Waals surface area contributed by atoms with E-state index in [1.54, 1.807) is 18.2 Å². The summed E-state index contributed by atoms with van der Waals surface area (Å²) < 4.78 is 7.22. The molecule has 0 atom stereocenters. The van der Waals surface area contributed by atoms with Crippen LogP contribution in [0, 0.1) is 11.3 Å². The van der Waals surface area contributed by atoms with Gasteiger partial charge in [-0.2, -0.15) is 5.26 Å². The fourth-order valence-electron chi connectivity index (χ4n) is 2.83. The van der Waals surface area contributed by atoms with Gasteiger partial charge in [-0.25, -0.2) is 19.7 Å². The molecule has 0 amide bonds. The monoisotopic (exact) mass is 453 g/mol. The molecule has 0 saturated carbocycles. The summed E-state index contributed by atoms with van der Waals surface area (Å²) >= 11 is 7.25. The highest BCUT2D eigenvalue weighted by Gasteiger charge is 2.15. The fourth-order valence-corrected chi connectivity index (χ4v) is 3.81. The number of hydrogen-bond donors (Lipinski definition) is 1. The molecule has 0 saturated heterocycles. The molecular formula is C20H12ClN5O4S. The number of carboxylic acids is 1. The van der Waals surface area contributed by atoms with Gasteiger partial charge in [-0.3, -0.25) is 9.36 Å². The Morgan fingerprint density at radius 3 is 2.90 bits per heavy atom. The molecule has 0 aliphatic carbocycles. The molecule has 11 heteroatoms. The van der Waals surface area contributed by atoms with Crippen LogP contribution in [-0.4, -0.2) is 37.2 Å². The molecule has 0 radical (unpaired) electrons. The van der Waals surface area contributed by atoms with E-state index in [4.69, 9.17) is 26.7 Å². The SMILES string of the molecule is N#Cc1cc2c(=O)n(CCOc3ccc(Cl)cc3-c3nc(C(=O)O)cs3)cnc2cn1.